The van der Waals surface area contributed by atoms with Gasteiger partial charge in [0.05, 0.1) is 51.4 Å². The summed E-state index contributed by atoms with van der Waals surface area (Å²) in [4.78, 5) is 36.4. The Labute approximate surface area is 785 Å². The zero-order valence-corrected chi connectivity index (χ0v) is 82.1. The Morgan fingerprint density at radius 1 is 0.372 bits per heavy atom. The smallest absolute Gasteiger partial charge is 0.185 e. The number of aromatic nitrogens is 6. The number of carbonyl (C=O) groups excluding carboxylic acids is 1. The summed E-state index contributed by atoms with van der Waals surface area (Å²) in [5.74, 6) is 10.3. The molecule has 0 aliphatic heterocycles. The average Bonchev–Trinajstić information content (AvgIpc) is 1.75. The standard InChI is InChI=1S/C42H53N3O.C27H31N3O.C15H23Br.C15H14N2O2.C12H19N.4CH4/c1-13-36-39(32-17-14-15-20-37(32)46-36)35-23-45(12)42(43-35)41(44-40-30(25(4)5)18-16-19-31(40)26(6)7)38-33(27(8)9)21-29(24(2)3)22-34(38)28(10)11;1-7-23-26(21-11-8-9-14-24(21)31-23)22-16-30(6)25(29-22)15-28-27-19(17(2)3)12-10-13-20(27)18(4)5;1-9(2)12-7-13(10(3)4)15(16)14(8-12)11(5)6;1-3-12-15(10-6-4-5-7-13(10)19-12)11-8-17(2)14(9-18)16-11;1-8(2)10-6-5-7-11(9(3)4)12(10)13;;;;/h14-28H,13H2,1-12H3;8-18H,7H2,1-6H3;7-11H,1-6H3;4-9H,3H2,1-2H3;5-9H,13H2,1-4H3;4*1H4. The van der Waals surface area contributed by atoms with Gasteiger partial charge in [0, 0.05) is 90.9 Å². The van der Waals surface area contributed by atoms with Crippen molar-refractivity contribution >= 4 is 84.1 Å². The first-order valence-corrected chi connectivity index (χ1v) is 46.5. The van der Waals surface area contributed by atoms with Crippen molar-refractivity contribution in [1.29, 1.82) is 0 Å². The molecule has 8 aromatic carbocycles. The molecule has 0 amide bonds. The van der Waals surface area contributed by atoms with Crippen LogP contribution in [0.4, 0.5) is 17.1 Å². The number of furan rings is 3. The molecule has 129 heavy (non-hydrogen) atoms. The third-order valence-electron chi connectivity index (χ3n) is 23.8. The van der Waals surface area contributed by atoms with Gasteiger partial charge in [0.1, 0.15) is 39.7 Å². The van der Waals surface area contributed by atoms with Crippen LogP contribution in [-0.2, 0) is 40.4 Å². The summed E-state index contributed by atoms with van der Waals surface area (Å²) < 4.78 is 25.5. The highest BCUT2D eigenvalue weighted by Crippen LogP contribution is 2.44. The third-order valence-corrected chi connectivity index (χ3v) is 24.7. The van der Waals surface area contributed by atoms with E-state index in [1.165, 1.54) is 76.8 Å². The number of aliphatic imine (C=N–C) groups is 2. The maximum Gasteiger partial charge on any atom is 0.185 e. The van der Waals surface area contributed by atoms with Crippen LogP contribution in [-0.4, -0.2) is 46.9 Å². The highest BCUT2D eigenvalue weighted by atomic mass is 79.9. The molecule has 0 unspecified atom stereocenters. The van der Waals surface area contributed by atoms with Crippen LogP contribution in [0.5, 0.6) is 0 Å². The number of rotatable bonds is 24. The highest BCUT2D eigenvalue weighted by molar-refractivity contribution is 9.10. The van der Waals surface area contributed by atoms with E-state index in [1.54, 1.807) is 4.57 Å². The van der Waals surface area contributed by atoms with E-state index in [1.807, 2.05) is 92.6 Å². The lowest BCUT2D eigenvalue weighted by molar-refractivity contribution is 0.111. The Balaban J connectivity index is 0.000000267. The van der Waals surface area contributed by atoms with Crippen LogP contribution in [0.15, 0.2) is 198 Å². The number of halogens is 1. The highest BCUT2D eigenvalue weighted by Gasteiger charge is 2.30. The lowest BCUT2D eigenvalue weighted by atomic mass is 9.82. The Kier molecular flexibility index (Phi) is 39.2. The van der Waals surface area contributed by atoms with Crippen LogP contribution < -0.4 is 5.73 Å². The van der Waals surface area contributed by atoms with Crippen LogP contribution in [0.25, 0.3) is 66.7 Å². The van der Waals surface area contributed by atoms with E-state index in [2.05, 4.69) is 322 Å². The second-order valence-electron chi connectivity index (χ2n) is 37.2. The zero-order valence-electron chi connectivity index (χ0n) is 80.5. The minimum atomic E-state index is 0. The number of imidazole rings is 3. The van der Waals surface area contributed by atoms with E-state index >= 15 is 0 Å². The fraction of sp³-hybridized carbons (Fsp3) is 0.426. The SMILES string of the molecule is C.C.C.C.CC(C)c1cc(C(C)C)c(Br)c(C(C)C)c1.CC(C)c1cccc(C(C)C)c1N.CCc1oc2ccccc2c1-c1cn(C)c(C(=Nc2c(C(C)C)cccc2C(C)C)c2c(C(C)C)cc(C(C)C)cc2C(C)C)n1.CCc1oc2ccccc2c1-c1cn(C)c(C=Nc2c(C(C)C)cccc2C(C)C)n1.CCc1oc2ccccc2c1-c1cn(C)c(C=O)n1. The number of hydrogen-bond donors (Lipinski definition) is 1. The molecule has 0 radical (unpaired) electrons. The zero-order chi connectivity index (χ0) is 91.4. The van der Waals surface area contributed by atoms with Gasteiger partial charge < -0.3 is 32.7 Å². The molecule has 0 saturated carbocycles. The lowest BCUT2D eigenvalue weighted by Crippen LogP contribution is -2.18. The number of benzene rings is 8. The summed E-state index contributed by atoms with van der Waals surface area (Å²) in [6.07, 6.45) is 11.1. The van der Waals surface area contributed by atoms with Gasteiger partial charge in [0.15, 0.2) is 23.8 Å². The molecule has 692 valence electrons. The first-order chi connectivity index (χ1) is 59.4. The van der Waals surface area contributed by atoms with Crippen LogP contribution in [0.2, 0.25) is 0 Å². The van der Waals surface area contributed by atoms with Gasteiger partial charge in [-0.3, -0.25) is 9.79 Å². The number of aryl methyl sites for hydroxylation is 6. The van der Waals surface area contributed by atoms with E-state index in [9.17, 15) is 4.79 Å². The molecule has 14 heteroatoms. The maximum atomic E-state index is 10.9. The van der Waals surface area contributed by atoms with Gasteiger partial charge in [0.25, 0.3) is 0 Å². The molecule has 14 rings (SSSR count). The van der Waals surface area contributed by atoms with Crippen LogP contribution >= 0.6 is 15.9 Å². The Morgan fingerprint density at radius 3 is 0.984 bits per heavy atom. The number of nitrogen functional groups attached to an aromatic ring is 1. The molecule has 14 aromatic rings. The number of nitrogens with two attached hydrogens (primary N) is 1. The number of carbonyl (C=O) groups is 1. The second kappa shape index (κ2) is 47.2. The molecule has 13 nitrogen and oxygen atoms in total. The monoisotopic (exact) mass is 1810 g/mol. The van der Waals surface area contributed by atoms with Gasteiger partial charge in [0.2, 0.25) is 0 Å². The minimum absolute atomic E-state index is 0. The molecule has 0 atom stereocenters. The summed E-state index contributed by atoms with van der Waals surface area (Å²) in [5, 5.41) is 3.24. The van der Waals surface area contributed by atoms with Gasteiger partial charge in [-0.05, 0) is 156 Å². The third kappa shape index (κ3) is 24.3. The Bertz CT molecular complexity index is 5950. The average molecular weight is 1810 g/mol. The number of nitrogens with zero attached hydrogens (tertiary/aromatic N) is 8. The lowest BCUT2D eigenvalue weighted by Gasteiger charge is -2.25. The molecule has 0 bridgehead atoms. The van der Waals surface area contributed by atoms with Crippen molar-refractivity contribution in [3.63, 3.8) is 0 Å². The molecule has 0 spiro atoms. The quantitative estimate of drug-likeness (QED) is 0.0355. The van der Waals surface area contributed by atoms with Crippen molar-refractivity contribution < 1.29 is 18.0 Å². The first-order valence-electron chi connectivity index (χ1n) is 45.7. The summed E-state index contributed by atoms with van der Waals surface area (Å²) in [5.41, 5.74) is 35.8. The summed E-state index contributed by atoms with van der Waals surface area (Å²) in [6.45, 7) is 60.3. The molecular weight excluding hydrogens is 1650 g/mol. The normalized spacial score (nSPS) is 11.7. The number of para-hydroxylation sites is 6. The van der Waals surface area contributed by atoms with Crippen LogP contribution in [0.3, 0.4) is 0 Å². The van der Waals surface area contributed by atoms with Crippen molar-refractivity contribution in [3.05, 3.63) is 282 Å². The number of anilines is 1. The second-order valence-corrected chi connectivity index (χ2v) is 38.0. The van der Waals surface area contributed by atoms with Gasteiger partial charge in [-0.15, -0.1) is 0 Å². The van der Waals surface area contributed by atoms with E-state index < -0.39 is 0 Å². The molecule has 0 aliphatic carbocycles. The predicted octanol–water partition coefficient (Wildman–Crippen LogP) is 34.7. The topological polar surface area (TPSA) is 161 Å². The van der Waals surface area contributed by atoms with Gasteiger partial charge >= 0.3 is 0 Å². The fourth-order valence-corrected chi connectivity index (χ4v) is 17.7. The molecule has 0 saturated heterocycles. The largest absolute Gasteiger partial charge is 0.460 e. The van der Waals surface area contributed by atoms with E-state index in [0.29, 0.717) is 76.8 Å². The summed E-state index contributed by atoms with van der Waals surface area (Å²) in [7, 11) is 5.94. The van der Waals surface area contributed by atoms with E-state index in [-0.39, 0.29) is 29.7 Å². The number of hydrogen-bond acceptors (Lipinski definition) is 10. The summed E-state index contributed by atoms with van der Waals surface area (Å²) >= 11 is 3.77. The molecule has 0 fully saturated rings. The van der Waals surface area contributed by atoms with Crippen molar-refractivity contribution in [3.8, 4) is 33.8 Å². The molecule has 2 N–H and O–H groups in total. The van der Waals surface area contributed by atoms with E-state index in [0.717, 1.165) is 144 Å². The Hall–Kier alpha value is -10.7. The number of fused-ring (bicyclic) bond motifs is 3. The van der Waals surface area contributed by atoms with Gasteiger partial charge in [-0.1, -0.05) is 366 Å². The maximum absolute atomic E-state index is 10.9. The Morgan fingerprint density at radius 2 is 0.667 bits per heavy atom. The molecular formula is C115H156BrN9O4. The van der Waals surface area contributed by atoms with Crippen molar-refractivity contribution in [2.75, 3.05) is 5.73 Å². The molecule has 6 heterocycles. The first kappa shape index (κ1) is 107. The van der Waals surface area contributed by atoms with Crippen molar-refractivity contribution in [1.82, 2.24) is 28.7 Å². The van der Waals surface area contributed by atoms with Gasteiger partial charge in [-0.2, -0.15) is 0 Å². The van der Waals surface area contributed by atoms with Crippen LogP contribution in [0, 0.1) is 0 Å². The van der Waals surface area contributed by atoms with Gasteiger partial charge in [-0.25, -0.2) is 19.9 Å². The number of aldehydes is 1. The molecule has 6 aromatic heterocycles. The minimum Gasteiger partial charge on any atom is -0.460 e. The van der Waals surface area contributed by atoms with Crippen LogP contribution in [0.1, 0.15) is 400 Å². The fourth-order valence-electron chi connectivity index (χ4n) is 16.6. The predicted molar refractivity (Wildman–Crippen MR) is 562 cm³/mol. The summed E-state index contributed by atoms with van der Waals surface area (Å²) in [6, 6.07) is 53.4. The van der Waals surface area contributed by atoms with Crippen molar-refractivity contribution in [2.45, 2.75) is 307 Å². The molecule has 0 aliphatic rings. The van der Waals surface area contributed by atoms with Crippen molar-refractivity contribution in [2.24, 2.45) is 31.1 Å². The van der Waals surface area contributed by atoms with E-state index in [4.69, 9.17) is 38.9 Å².